The van der Waals surface area contributed by atoms with Gasteiger partial charge in [0.1, 0.15) is 0 Å². The fourth-order valence-corrected chi connectivity index (χ4v) is 0.814. The largest absolute Gasteiger partial charge is 0.469 e. The Morgan fingerprint density at radius 1 is 0.938 bits per heavy atom. The lowest BCUT2D eigenvalue weighted by atomic mass is 10.2. The zero-order chi connectivity index (χ0) is 12.4. The first kappa shape index (κ1) is 14.4. The molecule has 0 aromatic heterocycles. The summed E-state index contributed by atoms with van der Waals surface area (Å²) in [6.07, 6.45) is 0.853. The molecule has 0 aromatic rings. The molecule has 0 N–H and O–H groups in total. The Morgan fingerprint density at radius 2 is 1.50 bits per heavy atom. The van der Waals surface area contributed by atoms with Gasteiger partial charge in [-0.2, -0.15) is 0 Å². The van der Waals surface area contributed by atoms with Crippen LogP contribution in [0.2, 0.25) is 0 Å². The molecule has 6 heteroatoms. The summed E-state index contributed by atoms with van der Waals surface area (Å²) in [5.41, 5.74) is 0. The molecule has 0 aliphatic heterocycles. The molecule has 0 fully saturated rings. The van der Waals surface area contributed by atoms with Crippen molar-refractivity contribution >= 4 is 17.9 Å². The molecule has 0 saturated carbocycles. The molecule has 0 bridgehead atoms. The molecule has 0 heterocycles. The number of methoxy groups -OCH3 is 1. The van der Waals surface area contributed by atoms with E-state index in [1.54, 1.807) is 6.92 Å². The van der Waals surface area contributed by atoms with Crippen LogP contribution in [0.4, 0.5) is 0 Å². The van der Waals surface area contributed by atoms with E-state index in [-0.39, 0.29) is 32.0 Å². The maximum atomic E-state index is 11.0. The third-order valence-corrected chi connectivity index (χ3v) is 1.72. The van der Waals surface area contributed by atoms with Crippen LogP contribution in [-0.4, -0.2) is 31.8 Å². The van der Waals surface area contributed by atoms with Gasteiger partial charge in [0, 0.05) is 19.3 Å². The van der Waals surface area contributed by atoms with Crippen LogP contribution in [0, 0.1) is 0 Å². The van der Waals surface area contributed by atoms with Gasteiger partial charge in [-0.05, 0) is 6.42 Å². The third kappa shape index (κ3) is 7.78. The standard InChI is InChI=1S/C10H16O6/c1-3-8(11)15-7-16-10(13)6-4-5-9(12)14-2/h3-7H2,1-2H3. The van der Waals surface area contributed by atoms with E-state index in [4.69, 9.17) is 0 Å². The molecule has 0 saturated heterocycles. The predicted octanol–water partition coefficient (Wildman–Crippen LogP) is 0.784. The van der Waals surface area contributed by atoms with Gasteiger partial charge in [-0.25, -0.2) is 0 Å². The fourth-order valence-electron chi connectivity index (χ4n) is 0.814. The van der Waals surface area contributed by atoms with Gasteiger partial charge < -0.3 is 14.2 Å². The van der Waals surface area contributed by atoms with Crippen LogP contribution in [0.15, 0.2) is 0 Å². The molecule has 92 valence electrons. The van der Waals surface area contributed by atoms with Crippen LogP contribution < -0.4 is 0 Å². The summed E-state index contributed by atoms with van der Waals surface area (Å²) in [6, 6.07) is 0. The number of ether oxygens (including phenoxy) is 3. The first-order chi connectivity index (χ1) is 7.60. The van der Waals surface area contributed by atoms with Gasteiger partial charge in [0.2, 0.25) is 6.79 Å². The van der Waals surface area contributed by atoms with Crippen molar-refractivity contribution in [2.24, 2.45) is 0 Å². The van der Waals surface area contributed by atoms with Crippen molar-refractivity contribution in [1.29, 1.82) is 0 Å². The molecule has 0 atom stereocenters. The second-order valence-electron chi connectivity index (χ2n) is 2.93. The second kappa shape index (κ2) is 8.70. The lowest BCUT2D eigenvalue weighted by Gasteiger charge is -2.04. The third-order valence-electron chi connectivity index (χ3n) is 1.72. The quantitative estimate of drug-likeness (QED) is 0.477. The van der Waals surface area contributed by atoms with Gasteiger partial charge in [-0.3, -0.25) is 14.4 Å². The number of hydrogen-bond acceptors (Lipinski definition) is 6. The smallest absolute Gasteiger partial charge is 0.308 e. The van der Waals surface area contributed by atoms with E-state index in [1.165, 1.54) is 7.11 Å². The Balaban J connectivity index is 3.45. The Labute approximate surface area is 93.8 Å². The Kier molecular flexibility index (Phi) is 7.83. The van der Waals surface area contributed by atoms with Crippen LogP contribution in [0.5, 0.6) is 0 Å². The summed E-state index contributed by atoms with van der Waals surface area (Å²) >= 11 is 0. The normalized spacial score (nSPS) is 9.38. The molecule has 16 heavy (non-hydrogen) atoms. The summed E-state index contributed by atoms with van der Waals surface area (Å²) in [7, 11) is 1.28. The predicted molar refractivity (Wildman–Crippen MR) is 53.2 cm³/mol. The minimum absolute atomic E-state index is 0.0960. The first-order valence-electron chi connectivity index (χ1n) is 4.98. The number of esters is 3. The van der Waals surface area contributed by atoms with Crippen molar-refractivity contribution < 1.29 is 28.6 Å². The zero-order valence-corrected chi connectivity index (χ0v) is 9.49. The van der Waals surface area contributed by atoms with Crippen LogP contribution in [0.3, 0.4) is 0 Å². The van der Waals surface area contributed by atoms with Crippen molar-refractivity contribution in [3.63, 3.8) is 0 Å². The molecule has 0 spiro atoms. The van der Waals surface area contributed by atoms with Crippen LogP contribution >= 0.6 is 0 Å². The topological polar surface area (TPSA) is 78.9 Å². The number of rotatable bonds is 7. The number of carbonyl (C=O) groups excluding carboxylic acids is 3. The van der Waals surface area contributed by atoms with Crippen LogP contribution in [0.25, 0.3) is 0 Å². The molecule has 0 aliphatic rings. The van der Waals surface area contributed by atoms with Gasteiger partial charge in [-0.15, -0.1) is 0 Å². The first-order valence-corrected chi connectivity index (χ1v) is 4.98. The highest BCUT2D eigenvalue weighted by Gasteiger charge is 2.07. The van der Waals surface area contributed by atoms with Gasteiger partial charge >= 0.3 is 17.9 Å². The van der Waals surface area contributed by atoms with E-state index in [9.17, 15) is 14.4 Å². The summed E-state index contributed by atoms with van der Waals surface area (Å²) < 4.78 is 13.5. The van der Waals surface area contributed by atoms with E-state index in [1.807, 2.05) is 0 Å². The van der Waals surface area contributed by atoms with Gasteiger partial charge in [0.05, 0.1) is 7.11 Å². The molecular weight excluding hydrogens is 216 g/mol. The fraction of sp³-hybridized carbons (Fsp3) is 0.700. The van der Waals surface area contributed by atoms with E-state index in [2.05, 4.69) is 14.2 Å². The monoisotopic (exact) mass is 232 g/mol. The minimum atomic E-state index is -0.507. The maximum Gasteiger partial charge on any atom is 0.308 e. The highest BCUT2D eigenvalue weighted by Crippen LogP contribution is 1.99. The van der Waals surface area contributed by atoms with Crippen molar-refractivity contribution in [1.82, 2.24) is 0 Å². The summed E-state index contributed by atoms with van der Waals surface area (Å²) in [4.78, 5) is 32.4. The van der Waals surface area contributed by atoms with E-state index < -0.39 is 11.9 Å². The summed E-state index contributed by atoms with van der Waals surface area (Å²) in [5, 5.41) is 0. The Hall–Kier alpha value is -1.59. The zero-order valence-electron chi connectivity index (χ0n) is 9.49. The Morgan fingerprint density at radius 3 is 2.06 bits per heavy atom. The van der Waals surface area contributed by atoms with Crippen LogP contribution in [-0.2, 0) is 28.6 Å². The highest BCUT2D eigenvalue weighted by atomic mass is 16.7. The summed E-state index contributed by atoms with van der Waals surface area (Å²) in [5.74, 6) is -1.31. The maximum absolute atomic E-state index is 11.0. The van der Waals surface area contributed by atoms with Crippen molar-refractivity contribution in [2.75, 3.05) is 13.9 Å². The van der Waals surface area contributed by atoms with E-state index in [0.717, 1.165) is 0 Å². The summed E-state index contributed by atoms with van der Waals surface area (Å²) in [6.45, 7) is 1.27. The highest BCUT2D eigenvalue weighted by molar-refractivity contribution is 5.72. The number of carbonyl (C=O) groups is 3. The lowest BCUT2D eigenvalue weighted by molar-refractivity contribution is -0.166. The molecule has 6 nitrogen and oxygen atoms in total. The average Bonchev–Trinajstić information content (AvgIpc) is 2.28. The molecule has 0 aliphatic carbocycles. The molecule has 0 unspecified atom stereocenters. The van der Waals surface area contributed by atoms with E-state index >= 15 is 0 Å². The minimum Gasteiger partial charge on any atom is -0.469 e. The molecule has 0 amide bonds. The van der Waals surface area contributed by atoms with Crippen LogP contribution in [0.1, 0.15) is 32.6 Å². The second-order valence-corrected chi connectivity index (χ2v) is 2.93. The molecule has 0 radical (unpaired) electrons. The van der Waals surface area contributed by atoms with Crippen molar-refractivity contribution in [2.45, 2.75) is 32.6 Å². The Bertz CT molecular complexity index is 224. The molecule has 0 rings (SSSR count). The van der Waals surface area contributed by atoms with E-state index in [0.29, 0.717) is 6.42 Å². The number of hydrogen-bond donors (Lipinski definition) is 0. The van der Waals surface area contributed by atoms with Crippen molar-refractivity contribution in [3.05, 3.63) is 0 Å². The SMILES string of the molecule is CCC(=O)OCOC(=O)CCCC(=O)OC. The van der Waals surface area contributed by atoms with Gasteiger partial charge in [0.25, 0.3) is 0 Å². The van der Waals surface area contributed by atoms with Gasteiger partial charge in [-0.1, -0.05) is 6.92 Å². The van der Waals surface area contributed by atoms with Crippen molar-refractivity contribution in [3.8, 4) is 0 Å². The lowest BCUT2D eigenvalue weighted by Crippen LogP contribution is -2.12. The van der Waals surface area contributed by atoms with Gasteiger partial charge in [0.15, 0.2) is 0 Å². The molecule has 0 aromatic carbocycles. The molecular formula is C10H16O6. The average molecular weight is 232 g/mol.